The molecule has 0 saturated carbocycles. The molecule has 4 aromatic heterocycles. The first-order chi connectivity index (χ1) is 21.4. The Balaban J connectivity index is 1.18. The molecular weight excluding hydrogens is 646 g/mol. The van der Waals surface area contributed by atoms with Crippen molar-refractivity contribution < 1.29 is 51.8 Å². The maximum absolute atomic E-state index is 13.2. The van der Waals surface area contributed by atoms with Gasteiger partial charge in [0.25, 0.3) is 5.56 Å². The Labute approximate surface area is 250 Å². The summed E-state index contributed by atoms with van der Waals surface area (Å²) in [5, 5.41) is 11.2. The molecule has 242 valence electrons. The van der Waals surface area contributed by atoms with Crippen LogP contribution in [0.3, 0.4) is 0 Å². The summed E-state index contributed by atoms with van der Waals surface area (Å²) in [5.74, 6) is -0.140. The van der Waals surface area contributed by atoms with Crippen molar-refractivity contribution in [1.29, 1.82) is 0 Å². The summed E-state index contributed by atoms with van der Waals surface area (Å²) in [6.45, 7) is -1.14. The predicted molar refractivity (Wildman–Crippen MR) is 147 cm³/mol. The van der Waals surface area contributed by atoms with Crippen molar-refractivity contribution in [1.82, 2.24) is 39.0 Å². The van der Waals surface area contributed by atoms with Gasteiger partial charge in [-0.05, 0) is 0 Å². The Morgan fingerprint density at radius 1 is 0.933 bits per heavy atom. The molecule has 7 rings (SSSR count). The highest BCUT2D eigenvalue weighted by molar-refractivity contribution is 7.52. The van der Waals surface area contributed by atoms with E-state index in [0.717, 1.165) is 0 Å². The number of aliphatic hydroxyl groups excluding tert-OH is 1. The Morgan fingerprint density at radius 3 is 2.49 bits per heavy atom. The fourth-order valence-electron chi connectivity index (χ4n) is 5.42. The van der Waals surface area contributed by atoms with Crippen molar-refractivity contribution in [3.63, 3.8) is 0 Å². The van der Waals surface area contributed by atoms with Crippen molar-refractivity contribution in [2.24, 2.45) is 0 Å². The maximum atomic E-state index is 13.2. The van der Waals surface area contributed by atoms with Crippen molar-refractivity contribution in [3.8, 4) is 0 Å². The van der Waals surface area contributed by atoms with Gasteiger partial charge in [0.05, 0.1) is 32.0 Å². The van der Waals surface area contributed by atoms with Gasteiger partial charge < -0.3 is 45.1 Å². The van der Waals surface area contributed by atoms with E-state index in [0.29, 0.717) is 0 Å². The molecule has 9 atom stereocenters. The molecule has 4 aromatic rings. The largest absolute Gasteiger partial charge is 0.472 e. The summed E-state index contributed by atoms with van der Waals surface area (Å²) in [6.07, 6.45) is -6.07. The lowest BCUT2D eigenvalue weighted by Crippen LogP contribution is -2.37. The number of nitrogen functional groups attached to an aromatic ring is 2. The lowest BCUT2D eigenvalue weighted by molar-refractivity contribution is -0.0619. The van der Waals surface area contributed by atoms with Crippen LogP contribution in [0, 0.1) is 0 Å². The molecule has 0 radical (unpaired) electrons. The molecule has 7 heterocycles. The number of imidazole rings is 2. The van der Waals surface area contributed by atoms with Gasteiger partial charge in [0, 0.05) is 6.42 Å². The summed E-state index contributed by atoms with van der Waals surface area (Å²) >= 11 is 0. The summed E-state index contributed by atoms with van der Waals surface area (Å²) in [4.78, 5) is 56.1. The van der Waals surface area contributed by atoms with E-state index in [1.54, 1.807) is 0 Å². The predicted octanol–water partition coefficient (Wildman–Crippen LogP) is -1.27. The van der Waals surface area contributed by atoms with Crippen molar-refractivity contribution >= 4 is 49.5 Å². The second kappa shape index (κ2) is 11.1. The third-order valence-electron chi connectivity index (χ3n) is 7.40. The molecule has 3 saturated heterocycles. The van der Waals surface area contributed by atoms with Gasteiger partial charge in [-0.25, -0.2) is 24.5 Å². The quantitative estimate of drug-likeness (QED) is 0.135. The number of nitrogens with one attached hydrogen (secondary N) is 1. The molecule has 0 aromatic carbocycles. The monoisotopic (exact) mass is 672 g/mol. The summed E-state index contributed by atoms with van der Waals surface area (Å²) < 4.78 is 62.3. The number of anilines is 2. The summed E-state index contributed by atoms with van der Waals surface area (Å²) in [5.41, 5.74) is 11.3. The van der Waals surface area contributed by atoms with Crippen LogP contribution in [0.15, 0.2) is 23.8 Å². The first-order valence-corrected chi connectivity index (χ1v) is 16.5. The molecule has 22 nitrogen and oxygen atoms in total. The molecule has 2 bridgehead atoms. The third-order valence-corrected chi connectivity index (χ3v) is 9.44. The van der Waals surface area contributed by atoms with Crippen LogP contribution in [0.5, 0.6) is 0 Å². The molecule has 3 fully saturated rings. The van der Waals surface area contributed by atoms with Crippen LogP contribution in [0.25, 0.3) is 22.3 Å². The van der Waals surface area contributed by atoms with Crippen LogP contribution in [-0.2, 0) is 36.9 Å². The zero-order valence-electron chi connectivity index (χ0n) is 22.8. The first-order valence-electron chi connectivity index (χ1n) is 13.3. The second-order valence-electron chi connectivity index (χ2n) is 10.4. The third kappa shape index (κ3) is 5.64. The normalized spacial score (nSPS) is 36.3. The minimum absolute atomic E-state index is 0.00876. The molecule has 0 amide bonds. The first kappa shape index (κ1) is 30.3. The van der Waals surface area contributed by atoms with E-state index in [-0.39, 0.29) is 40.5 Å². The average Bonchev–Trinajstić information content (AvgIpc) is 3.74. The standard InChI is InChI=1S/C21H26N10O12P2/c22-15-11-16(25-4-24-15)30(5-26-11)20-13(32)14-10(42-20)3-40-45(36,37)43-9-1-8(2-39-44(34,35)7-38-14)41-19(9)31-6-27-12-17(31)28-21(23)29-18(12)33/h4-6,8-10,13-14,19-20,32H,1-3,7H2,(H,34,35)(H,36,37)(H2,22,24,25)(H3,23,28,29,33)/t8-,9?,10+,13?,14-,19+,20+/m0/s1. The lowest BCUT2D eigenvalue weighted by atomic mass is 10.1. The number of hydrogen-bond acceptors (Lipinski definition) is 17. The zero-order chi connectivity index (χ0) is 31.7. The van der Waals surface area contributed by atoms with E-state index in [9.17, 15) is 28.8 Å². The van der Waals surface area contributed by atoms with Gasteiger partial charge in [-0.2, -0.15) is 4.98 Å². The number of aliphatic hydroxyl groups is 1. The van der Waals surface area contributed by atoms with E-state index < -0.39 is 83.5 Å². The number of phosphoric ester groups is 1. The van der Waals surface area contributed by atoms with Crippen LogP contribution < -0.4 is 17.0 Å². The number of nitrogens with two attached hydrogens (primary N) is 2. The van der Waals surface area contributed by atoms with E-state index in [1.165, 1.54) is 28.1 Å². The van der Waals surface area contributed by atoms with Gasteiger partial charge in [-0.15, -0.1) is 0 Å². The molecular formula is C21H26N10O12P2. The highest BCUT2D eigenvalue weighted by Gasteiger charge is 2.49. The number of hydrogen-bond donors (Lipinski definition) is 6. The molecule has 3 aliphatic rings. The SMILES string of the molecule is Nc1nc2c(ncn2[C@@H]2O[C@@H]3COP(=O)(O)CO[C@@H]4C(O)[C@H](n5cnc6c(N)ncnc65)O[C@@H]4COP(=O)(O)OC2C3)c(=O)[nH]1. The van der Waals surface area contributed by atoms with E-state index >= 15 is 0 Å². The van der Waals surface area contributed by atoms with E-state index in [1.807, 2.05) is 0 Å². The number of aromatic nitrogens is 8. The number of aromatic amines is 1. The maximum Gasteiger partial charge on any atom is 0.472 e. The molecule has 45 heavy (non-hydrogen) atoms. The minimum atomic E-state index is -4.89. The second-order valence-corrected chi connectivity index (χ2v) is 13.6. The average molecular weight is 672 g/mol. The molecule has 8 N–H and O–H groups in total. The summed E-state index contributed by atoms with van der Waals surface area (Å²) in [6, 6.07) is 0. The van der Waals surface area contributed by atoms with Gasteiger partial charge in [0.15, 0.2) is 35.1 Å². The zero-order valence-corrected chi connectivity index (χ0v) is 24.6. The summed E-state index contributed by atoms with van der Waals surface area (Å²) in [7, 11) is -9.35. The van der Waals surface area contributed by atoms with Crippen LogP contribution in [-0.4, -0.2) is 104 Å². The Morgan fingerprint density at radius 2 is 1.69 bits per heavy atom. The van der Waals surface area contributed by atoms with Gasteiger partial charge in [0.2, 0.25) is 5.95 Å². The Bertz CT molecular complexity index is 1920. The van der Waals surface area contributed by atoms with Gasteiger partial charge in [0.1, 0.15) is 42.6 Å². The van der Waals surface area contributed by atoms with Crippen LogP contribution in [0.1, 0.15) is 18.9 Å². The highest BCUT2D eigenvalue weighted by atomic mass is 31.2. The van der Waals surface area contributed by atoms with Gasteiger partial charge in [-0.1, -0.05) is 0 Å². The van der Waals surface area contributed by atoms with Crippen LogP contribution in [0.2, 0.25) is 0 Å². The number of fused-ring (bicyclic) bond motifs is 5. The Hall–Kier alpha value is -3.40. The highest BCUT2D eigenvalue weighted by Crippen LogP contribution is 2.51. The number of rotatable bonds is 2. The fraction of sp³-hybridized carbons (Fsp3) is 0.524. The van der Waals surface area contributed by atoms with Crippen molar-refractivity contribution in [3.05, 3.63) is 29.3 Å². The number of H-pyrrole nitrogens is 1. The topological polar surface area (TPSA) is 309 Å². The number of phosphoric acid groups is 1. The smallest absolute Gasteiger partial charge is 0.386 e. The molecule has 0 spiro atoms. The van der Waals surface area contributed by atoms with Crippen LogP contribution in [0.4, 0.5) is 11.8 Å². The van der Waals surface area contributed by atoms with Gasteiger partial charge in [-0.3, -0.25) is 32.5 Å². The number of nitrogens with zero attached hydrogens (tertiary/aromatic N) is 7. The molecule has 24 heteroatoms. The minimum Gasteiger partial charge on any atom is -0.386 e. The molecule has 3 aliphatic heterocycles. The van der Waals surface area contributed by atoms with Gasteiger partial charge >= 0.3 is 15.4 Å². The molecule has 4 unspecified atom stereocenters. The molecule has 0 aliphatic carbocycles. The van der Waals surface area contributed by atoms with Crippen LogP contribution >= 0.6 is 15.4 Å². The fourth-order valence-corrected chi connectivity index (χ4v) is 7.19. The van der Waals surface area contributed by atoms with E-state index in [2.05, 4.69) is 29.9 Å². The Kier molecular flexibility index (Phi) is 7.49. The lowest BCUT2D eigenvalue weighted by Gasteiger charge is -2.25. The van der Waals surface area contributed by atoms with E-state index in [4.69, 9.17) is 39.2 Å². The van der Waals surface area contributed by atoms with Crippen molar-refractivity contribution in [2.45, 2.75) is 49.4 Å². The number of ether oxygens (including phenoxy) is 3. The van der Waals surface area contributed by atoms with Crippen molar-refractivity contribution in [2.75, 3.05) is 31.0 Å².